The molecule has 4 aromatic rings. The minimum atomic E-state index is -0.155. The van der Waals surface area contributed by atoms with E-state index in [9.17, 15) is 4.79 Å². The maximum atomic E-state index is 12.8. The van der Waals surface area contributed by atoms with Crippen LogP contribution in [0.5, 0.6) is 0 Å². The highest BCUT2D eigenvalue weighted by Crippen LogP contribution is 2.38. The van der Waals surface area contributed by atoms with Crippen LogP contribution in [0.15, 0.2) is 48.5 Å². The summed E-state index contributed by atoms with van der Waals surface area (Å²) in [6.07, 6.45) is 0. The van der Waals surface area contributed by atoms with Crippen molar-refractivity contribution in [2.24, 2.45) is 0 Å². The number of ether oxygens (including phenoxy) is 1. The van der Waals surface area contributed by atoms with E-state index < -0.39 is 0 Å². The lowest BCUT2D eigenvalue weighted by molar-refractivity contribution is -0.118. The molecule has 0 aliphatic carbocycles. The lowest BCUT2D eigenvalue weighted by Crippen LogP contribution is -2.41. The van der Waals surface area contributed by atoms with Gasteiger partial charge in [0.1, 0.15) is 5.69 Å². The number of nitrogens with zero attached hydrogens (tertiary/aromatic N) is 4. The van der Waals surface area contributed by atoms with Crippen LogP contribution >= 0.6 is 23.2 Å². The number of halogens is 2. The molecule has 1 amide bonds. The molecule has 168 valence electrons. The molecular formula is C23H20Cl2N6O2. The van der Waals surface area contributed by atoms with Crippen molar-refractivity contribution in [2.45, 2.75) is 0 Å². The molecule has 2 N–H and O–H groups in total. The zero-order valence-corrected chi connectivity index (χ0v) is 19.0. The molecule has 0 unspecified atom stereocenters. The molecule has 1 saturated heterocycles. The lowest BCUT2D eigenvalue weighted by Gasteiger charge is -2.25. The quantitative estimate of drug-likeness (QED) is 0.441. The number of carbonyl (C=O) groups is 1. The summed E-state index contributed by atoms with van der Waals surface area (Å²) >= 11 is 12.2. The maximum absolute atomic E-state index is 12.8. The molecule has 2 aromatic carbocycles. The van der Waals surface area contributed by atoms with Crippen LogP contribution in [-0.2, 0) is 9.53 Å². The Bertz CT molecular complexity index is 1290. The number of aromatic amines is 1. The third kappa shape index (κ3) is 4.69. The molecule has 0 saturated carbocycles. The van der Waals surface area contributed by atoms with Gasteiger partial charge >= 0.3 is 0 Å². The number of rotatable bonds is 5. The zero-order chi connectivity index (χ0) is 22.8. The fraction of sp³-hybridized carbons (Fsp3) is 0.217. The van der Waals surface area contributed by atoms with Crippen molar-refractivity contribution in [3.05, 3.63) is 58.6 Å². The number of anilines is 1. The van der Waals surface area contributed by atoms with Crippen LogP contribution < -0.4 is 5.32 Å². The smallest absolute Gasteiger partial charge is 0.239 e. The molecule has 0 atom stereocenters. The summed E-state index contributed by atoms with van der Waals surface area (Å²) in [5.74, 6) is 0.246. The Morgan fingerprint density at radius 3 is 2.27 bits per heavy atom. The fourth-order valence-corrected chi connectivity index (χ4v) is 4.09. The minimum absolute atomic E-state index is 0.155. The van der Waals surface area contributed by atoms with Crippen LogP contribution in [0, 0.1) is 0 Å². The predicted octanol–water partition coefficient (Wildman–Crippen LogP) is 4.26. The van der Waals surface area contributed by atoms with E-state index >= 15 is 0 Å². The predicted molar refractivity (Wildman–Crippen MR) is 128 cm³/mol. The summed E-state index contributed by atoms with van der Waals surface area (Å²) in [7, 11) is 0. The highest BCUT2D eigenvalue weighted by Gasteiger charge is 2.22. The molecule has 2 aromatic heterocycles. The number of hydrogen-bond acceptors (Lipinski definition) is 6. The Labute approximate surface area is 199 Å². The van der Waals surface area contributed by atoms with Crippen LogP contribution in [0.4, 0.5) is 5.82 Å². The van der Waals surface area contributed by atoms with Crippen LogP contribution in [0.1, 0.15) is 0 Å². The van der Waals surface area contributed by atoms with Crippen molar-refractivity contribution in [3.8, 4) is 22.4 Å². The molecule has 1 aliphatic rings. The third-order valence-corrected chi connectivity index (χ3v) is 5.97. The van der Waals surface area contributed by atoms with Crippen LogP contribution in [0.3, 0.4) is 0 Å². The molecule has 0 radical (unpaired) electrons. The second-order valence-electron chi connectivity index (χ2n) is 7.67. The van der Waals surface area contributed by atoms with E-state index in [4.69, 9.17) is 27.9 Å². The first-order valence-electron chi connectivity index (χ1n) is 10.4. The number of morpholine rings is 1. The van der Waals surface area contributed by atoms with E-state index in [1.54, 1.807) is 12.1 Å². The first-order valence-corrected chi connectivity index (χ1v) is 11.2. The van der Waals surface area contributed by atoms with E-state index in [-0.39, 0.29) is 12.5 Å². The van der Waals surface area contributed by atoms with E-state index in [1.807, 2.05) is 41.3 Å². The van der Waals surface area contributed by atoms with E-state index in [0.29, 0.717) is 45.8 Å². The Morgan fingerprint density at radius 1 is 0.970 bits per heavy atom. The minimum Gasteiger partial charge on any atom is -0.379 e. The molecule has 33 heavy (non-hydrogen) atoms. The number of amides is 1. The van der Waals surface area contributed by atoms with Crippen molar-refractivity contribution >= 4 is 46.0 Å². The van der Waals surface area contributed by atoms with Crippen LogP contribution in [0.2, 0.25) is 10.0 Å². The van der Waals surface area contributed by atoms with E-state index in [0.717, 1.165) is 29.8 Å². The Hall–Kier alpha value is -3.04. The first kappa shape index (κ1) is 21.8. The fourth-order valence-electron chi connectivity index (χ4n) is 3.84. The standard InChI is InChI=1S/C23H20Cl2N6O2/c24-16-5-1-14(2-6-16)19-20-22(26-18(32)13-31-9-11-33-12-10-31)28-30-23(20)29-27-21(19)15-3-7-17(25)8-4-15/h1-8H,9-13H2,(H2,26,28,29,30,32). The Kier molecular flexibility index (Phi) is 6.24. The number of fused-ring (bicyclic) bond motifs is 1. The van der Waals surface area contributed by atoms with E-state index in [2.05, 4.69) is 25.7 Å². The summed E-state index contributed by atoms with van der Waals surface area (Å²) in [5, 5.41) is 20.9. The molecule has 5 rings (SSSR count). The van der Waals surface area contributed by atoms with Crippen LogP contribution in [0.25, 0.3) is 33.4 Å². The van der Waals surface area contributed by atoms with Crippen molar-refractivity contribution in [1.82, 2.24) is 25.3 Å². The van der Waals surface area contributed by atoms with Gasteiger partial charge in [0.2, 0.25) is 5.91 Å². The van der Waals surface area contributed by atoms with Gasteiger partial charge in [-0.1, -0.05) is 47.5 Å². The van der Waals surface area contributed by atoms with Gasteiger partial charge in [-0.05, 0) is 29.8 Å². The van der Waals surface area contributed by atoms with Gasteiger partial charge in [-0.25, -0.2) is 0 Å². The van der Waals surface area contributed by atoms with Gasteiger partial charge in [-0.3, -0.25) is 14.8 Å². The largest absolute Gasteiger partial charge is 0.379 e. The SMILES string of the molecule is O=C(CN1CCOCC1)Nc1n[nH]c2nnc(-c3ccc(Cl)cc3)c(-c3ccc(Cl)cc3)c12. The molecule has 3 heterocycles. The average molecular weight is 483 g/mol. The normalized spacial score (nSPS) is 14.5. The molecule has 1 fully saturated rings. The Balaban J connectivity index is 1.59. The van der Waals surface area contributed by atoms with Crippen molar-refractivity contribution < 1.29 is 9.53 Å². The summed E-state index contributed by atoms with van der Waals surface area (Å²) in [4.78, 5) is 14.8. The van der Waals surface area contributed by atoms with Gasteiger partial charge in [0, 0.05) is 34.3 Å². The first-order chi connectivity index (χ1) is 16.1. The summed E-state index contributed by atoms with van der Waals surface area (Å²) in [6, 6.07) is 14.8. The van der Waals surface area contributed by atoms with E-state index in [1.165, 1.54) is 0 Å². The zero-order valence-electron chi connectivity index (χ0n) is 17.5. The molecule has 0 bridgehead atoms. The summed E-state index contributed by atoms with van der Waals surface area (Å²) < 4.78 is 5.36. The van der Waals surface area contributed by atoms with Gasteiger partial charge in [-0.2, -0.15) is 5.10 Å². The van der Waals surface area contributed by atoms with Gasteiger partial charge in [-0.15, -0.1) is 10.2 Å². The molecule has 10 heteroatoms. The highest BCUT2D eigenvalue weighted by atomic mass is 35.5. The average Bonchev–Trinajstić information content (AvgIpc) is 3.23. The number of H-pyrrole nitrogens is 1. The lowest BCUT2D eigenvalue weighted by atomic mass is 9.97. The number of nitrogens with one attached hydrogen (secondary N) is 2. The van der Waals surface area contributed by atoms with Crippen molar-refractivity contribution in [1.29, 1.82) is 0 Å². The van der Waals surface area contributed by atoms with Gasteiger partial charge in [0.25, 0.3) is 0 Å². The van der Waals surface area contributed by atoms with Gasteiger partial charge < -0.3 is 10.1 Å². The number of aromatic nitrogens is 4. The molecule has 8 nitrogen and oxygen atoms in total. The monoisotopic (exact) mass is 482 g/mol. The molecular weight excluding hydrogens is 463 g/mol. The topological polar surface area (TPSA) is 96.0 Å². The summed E-state index contributed by atoms with van der Waals surface area (Å²) in [5.41, 5.74) is 3.61. The second-order valence-corrected chi connectivity index (χ2v) is 8.54. The van der Waals surface area contributed by atoms with Crippen molar-refractivity contribution in [3.63, 3.8) is 0 Å². The van der Waals surface area contributed by atoms with Crippen molar-refractivity contribution in [2.75, 3.05) is 38.2 Å². The van der Waals surface area contributed by atoms with Crippen LogP contribution in [-0.4, -0.2) is 64.0 Å². The highest BCUT2D eigenvalue weighted by molar-refractivity contribution is 6.31. The van der Waals surface area contributed by atoms with Gasteiger partial charge in [0.05, 0.1) is 25.1 Å². The number of benzene rings is 2. The third-order valence-electron chi connectivity index (χ3n) is 5.46. The molecule has 0 spiro atoms. The Morgan fingerprint density at radius 2 is 1.61 bits per heavy atom. The van der Waals surface area contributed by atoms with Gasteiger partial charge in [0.15, 0.2) is 11.5 Å². The number of carbonyl (C=O) groups excluding carboxylic acids is 1. The number of hydrogen-bond donors (Lipinski definition) is 2. The maximum Gasteiger partial charge on any atom is 0.239 e. The summed E-state index contributed by atoms with van der Waals surface area (Å²) in [6.45, 7) is 2.95. The molecule has 1 aliphatic heterocycles. The second kappa shape index (κ2) is 9.44.